The fourth-order valence-electron chi connectivity index (χ4n) is 6.14. The Balaban J connectivity index is 1.33. The van der Waals surface area contributed by atoms with Crippen molar-refractivity contribution in [1.29, 1.82) is 0 Å². The first-order valence-electron chi connectivity index (χ1n) is 15.5. The Labute approximate surface area is 271 Å². The zero-order valence-electron chi connectivity index (χ0n) is 26.2. The van der Waals surface area contributed by atoms with E-state index in [0.29, 0.717) is 52.3 Å². The highest BCUT2D eigenvalue weighted by Gasteiger charge is 2.49. The number of rotatable bonds is 11. The number of carbonyl (C=O) groups is 1. The lowest BCUT2D eigenvalue weighted by Crippen LogP contribution is -2.61. The second-order valence-corrected chi connectivity index (χ2v) is 12.2. The molecule has 0 aromatic heterocycles. The first-order valence-corrected chi connectivity index (χ1v) is 15.5. The van der Waals surface area contributed by atoms with Crippen LogP contribution in [0.1, 0.15) is 43.4 Å². The van der Waals surface area contributed by atoms with Crippen LogP contribution in [-0.2, 0) is 9.53 Å². The van der Waals surface area contributed by atoms with E-state index >= 15 is 0 Å². The first-order chi connectivity index (χ1) is 22.6. The summed E-state index contributed by atoms with van der Waals surface area (Å²) in [5.74, 6) is 0.871. The zero-order chi connectivity index (χ0) is 33.4. The number of nitrogens with one attached hydrogen (secondary N) is 1. The Morgan fingerprint density at radius 1 is 1.06 bits per heavy atom. The van der Waals surface area contributed by atoms with Crippen molar-refractivity contribution in [3.63, 3.8) is 0 Å². The second-order valence-electron chi connectivity index (χ2n) is 12.2. The van der Waals surface area contributed by atoms with Gasteiger partial charge in [-0.1, -0.05) is 32.0 Å². The van der Waals surface area contributed by atoms with Crippen molar-refractivity contribution in [2.75, 3.05) is 27.0 Å². The van der Waals surface area contributed by atoms with E-state index in [1.165, 1.54) is 6.07 Å². The minimum atomic E-state index is -1.86. The maximum atomic E-state index is 11.6. The molecule has 0 amide bonds. The van der Waals surface area contributed by atoms with E-state index < -0.39 is 42.8 Å². The normalized spacial score (nSPS) is 26.0. The number of phenolic OH excluding ortho intramolecular Hbond substituents is 1. The third kappa shape index (κ3) is 6.36. The van der Waals surface area contributed by atoms with Gasteiger partial charge in [0.05, 0.1) is 19.6 Å². The number of carboxylic acid groups (broad SMARTS) is 1. The standard InChI is InChI=1S/C34H39NO12/c1-16(2)9-10-35-15-44-23-8-7-20-22-14-43-24-13-19(45-34-28(39)26(37)27(38)32(47-34)33(40)41)12-21(17-5-4-6-18(36)11-17)25(24)29(22)46-30(20)31(23)42-3/h4-8,11-13,16,22,26-29,32,34-39H,9-10,14-15H2,1-3H3,(H,40,41). The summed E-state index contributed by atoms with van der Waals surface area (Å²) in [6.45, 7) is 5.68. The zero-order valence-corrected chi connectivity index (χ0v) is 26.2. The van der Waals surface area contributed by atoms with Crippen LogP contribution in [0.3, 0.4) is 0 Å². The molecule has 47 heavy (non-hydrogen) atoms. The van der Waals surface area contributed by atoms with Crippen LogP contribution in [0.5, 0.6) is 34.5 Å². The maximum Gasteiger partial charge on any atom is 0.335 e. The molecule has 0 radical (unpaired) electrons. The average Bonchev–Trinajstić information content (AvgIpc) is 3.43. The van der Waals surface area contributed by atoms with Crippen molar-refractivity contribution in [2.24, 2.45) is 5.92 Å². The lowest BCUT2D eigenvalue weighted by Gasteiger charge is -2.38. The number of benzene rings is 3. The fraction of sp³-hybridized carbons (Fsp3) is 0.441. The fourth-order valence-corrected chi connectivity index (χ4v) is 6.14. The van der Waals surface area contributed by atoms with Crippen molar-refractivity contribution in [1.82, 2.24) is 5.32 Å². The van der Waals surface area contributed by atoms with Gasteiger partial charge in [-0.15, -0.1) is 0 Å². The quantitative estimate of drug-likeness (QED) is 0.131. The number of ether oxygens (including phenoxy) is 6. The van der Waals surface area contributed by atoms with Crippen LogP contribution >= 0.6 is 0 Å². The van der Waals surface area contributed by atoms with Gasteiger partial charge in [0, 0.05) is 17.2 Å². The Bertz CT molecular complexity index is 1610. The molecule has 6 N–H and O–H groups in total. The number of aromatic hydroxyl groups is 1. The Kier molecular flexibility index (Phi) is 9.35. The topological polar surface area (TPSA) is 186 Å². The van der Waals surface area contributed by atoms with Crippen LogP contribution in [0.2, 0.25) is 0 Å². The van der Waals surface area contributed by atoms with Crippen LogP contribution in [-0.4, -0.2) is 89.2 Å². The summed E-state index contributed by atoms with van der Waals surface area (Å²) in [6, 6.07) is 13.5. The Morgan fingerprint density at radius 2 is 1.87 bits per heavy atom. The summed E-state index contributed by atoms with van der Waals surface area (Å²) in [5.41, 5.74) is 2.72. The molecule has 13 heteroatoms. The summed E-state index contributed by atoms with van der Waals surface area (Å²) >= 11 is 0. The summed E-state index contributed by atoms with van der Waals surface area (Å²) in [7, 11) is 1.55. The van der Waals surface area contributed by atoms with Crippen molar-refractivity contribution in [3.05, 3.63) is 59.7 Å². The van der Waals surface area contributed by atoms with Gasteiger partial charge < -0.3 is 54.0 Å². The SMILES string of the molecule is COc1c(OCNCCC(C)C)ccc2c1OC1c3c(cc(OC4OC(C(=O)O)C(O)C(O)C4O)cc3-c3cccc(O)c3)OCC21. The highest BCUT2D eigenvalue weighted by Crippen LogP contribution is 2.58. The number of phenols is 1. The number of carboxylic acids is 1. The summed E-state index contributed by atoms with van der Waals surface area (Å²) in [5, 5.41) is 54.0. The van der Waals surface area contributed by atoms with Gasteiger partial charge in [-0.2, -0.15) is 0 Å². The number of hydrogen-bond acceptors (Lipinski definition) is 12. The average molecular weight is 654 g/mol. The van der Waals surface area contributed by atoms with Gasteiger partial charge in [0.1, 0.15) is 48.4 Å². The van der Waals surface area contributed by atoms with Gasteiger partial charge in [0.25, 0.3) is 0 Å². The monoisotopic (exact) mass is 653 g/mol. The second kappa shape index (κ2) is 13.5. The molecule has 1 fully saturated rings. The molecule has 1 saturated heterocycles. The molecule has 7 atom stereocenters. The highest BCUT2D eigenvalue weighted by molar-refractivity contribution is 5.76. The van der Waals surface area contributed by atoms with Gasteiger partial charge in [-0.25, -0.2) is 4.79 Å². The van der Waals surface area contributed by atoms with E-state index in [1.807, 2.05) is 12.1 Å². The van der Waals surface area contributed by atoms with Crippen molar-refractivity contribution < 1.29 is 58.7 Å². The molecule has 0 spiro atoms. The van der Waals surface area contributed by atoms with E-state index in [1.54, 1.807) is 37.4 Å². The van der Waals surface area contributed by atoms with Crippen LogP contribution in [0.25, 0.3) is 11.1 Å². The molecule has 3 aliphatic heterocycles. The molecule has 13 nitrogen and oxygen atoms in total. The number of hydrogen-bond donors (Lipinski definition) is 6. The molecule has 0 saturated carbocycles. The summed E-state index contributed by atoms with van der Waals surface area (Å²) < 4.78 is 35.9. The predicted molar refractivity (Wildman–Crippen MR) is 166 cm³/mol. The van der Waals surface area contributed by atoms with Crippen LogP contribution < -0.4 is 29.0 Å². The molecule has 0 aliphatic carbocycles. The van der Waals surface area contributed by atoms with Gasteiger partial charge in [0.2, 0.25) is 12.0 Å². The van der Waals surface area contributed by atoms with Gasteiger partial charge in [-0.3, -0.25) is 5.32 Å². The van der Waals surface area contributed by atoms with Gasteiger partial charge in [0.15, 0.2) is 17.6 Å². The Morgan fingerprint density at radius 3 is 2.60 bits per heavy atom. The van der Waals surface area contributed by atoms with E-state index in [0.717, 1.165) is 18.5 Å². The van der Waals surface area contributed by atoms with E-state index in [9.17, 15) is 30.3 Å². The van der Waals surface area contributed by atoms with Crippen LogP contribution in [0.4, 0.5) is 0 Å². The minimum Gasteiger partial charge on any atom is -0.508 e. The molecule has 3 aliphatic rings. The number of aliphatic carboxylic acids is 1. The number of methoxy groups -OCH3 is 1. The maximum absolute atomic E-state index is 11.6. The highest BCUT2D eigenvalue weighted by atomic mass is 16.7. The number of aliphatic hydroxyl groups excluding tert-OH is 3. The van der Waals surface area contributed by atoms with E-state index in [-0.39, 0.29) is 24.0 Å². The molecule has 0 bridgehead atoms. The molecular weight excluding hydrogens is 614 g/mol. The summed E-state index contributed by atoms with van der Waals surface area (Å²) in [4.78, 5) is 11.6. The van der Waals surface area contributed by atoms with Crippen LogP contribution in [0.15, 0.2) is 48.5 Å². The van der Waals surface area contributed by atoms with Crippen molar-refractivity contribution >= 4 is 5.97 Å². The molecule has 252 valence electrons. The molecule has 3 heterocycles. The first kappa shape index (κ1) is 32.7. The lowest BCUT2D eigenvalue weighted by molar-refractivity contribution is -0.271. The smallest absolute Gasteiger partial charge is 0.335 e. The molecule has 3 aromatic carbocycles. The molecule has 6 rings (SSSR count). The van der Waals surface area contributed by atoms with Gasteiger partial charge in [-0.05, 0) is 54.3 Å². The molecular formula is C34H39NO12. The minimum absolute atomic E-state index is 0.0179. The molecule has 7 unspecified atom stereocenters. The molecule has 3 aromatic rings. The Hall–Kier alpha value is -4.27. The number of fused-ring (bicyclic) bond motifs is 5. The van der Waals surface area contributed by atoms with E-state index in [4.69, 9.17) is 28.4 Å². The number of aliphatic hydroxyl groups is 3. The van der Waals surface area contributed by atoms with Crippen molar-refractivity contribution in [2.45, 2.75) is 63.0 Å². The van der Waals surface area contributed by atoms with Crippen molar-refractivity contribution in [3.8, 4) is 45.6 Å². The largest absolute Gasteiger partial charge is 0.508 e. The third-order valence-electron chi connectivity index (χ3n) is 8.59. The summed E-state index contributed by atoms with van der Waals surface area (Å²) in [6.07, 6.45) is -8.42. The van der Waals surface area contributed by atoms with Gasteiger partial charge >= 0.3 is 5.97 Å². The lowest BCUT2D eigenvalue weighted by atomic mass is 9.85. The van der Waals surface area contributed by atoms with E-state index in [2.05, 4.69) is 19.2 Å². The van der Waals surface area contributed by atoms with Crippen LogP contribution in [0, 0.1) is 5.92 Å². The third-order valence-corrected chi connectivity index (χ3v) is 8.59. The predicted octanol–water partition coefficient (Wildman–Crippen LogP) is 2.92.